The quantitative estimate of drug-likeness (QED) is 0.0941. The summed E-state index contributed by atoms with van der Waals surface area (Å²) in [7, 11) is 1.44. The van der Waals surface area contributed by atoms with Gasteiger partial charge in [0.15, 0.2) is 22.4 Å². The number of nitrogens with one attached hydrogen (secondary N) is 1. The van der Waals surface area contributed by atoms with E-state index in [0.29, 0.717) is 31.6 Å². The molecule has 17 heteroatoms. The number of aliphatic hydroxyl groups is 3. The minimum absolute atomic E-state index is 0.0161. The van der Waals surface area contributed by atoms with E-state index >= 15 is 0 Å². The van der Waals surface area contributed by atoms with Crippen LogP contribution in [0.3, 0.4) is 0 Å². The van der Waals surface area contributed by atoms with Crippen LogP contribution in [0.25, 0.3) is 38.7 Å². The lowest BCUT2D eigenvalue weighted by Crippen LogP contribution is -2.46. The molecular weight excluding hydrogens is 841 g/mol. The number of hydrogen-bond donors (Lipinski definition) is 6. The van der Waals surface area contributed by atoms with E-state index in [1.807, 2.05) is 4.90 Å². The first kappa shape index (κ1) is 47.0. The third-order valence-corrected chi connectivity index (χ3v) is 13.3. The Labute approximate surface area is 374 Å². The van der Waals surface area contributed by atoms with Crippen LogP contribution in [-0.2, 0) is 23.8 Å². The van der Waals surface area contributed by atoms with Gasteiger partial charge in [-0.1, -0.05) is 45.9 Å². The molecule has 3 aliphatic heterocycles. The monoisotopic (exact) mass is 898 g/mol. The van der Waals surface area contributed by atoms with Crippen LogP contribution in [0.5, 0.6) is 11.5 Å². The van der Waals surface area contributed by atoms with Gasteiger partial charge in [0.1, 0.15) is 28.8 Å². The van der Waals surface area contributed by atoms with Crippen molar-refractivity contribution in [3.63, 3.8) is 0 Å². The summed E-state index contributed by atoms with van der Waals surface area (Å²) in [5.74, 6) is -6.97. The molecule has 3 aromatic carbocycles. The van der Waals surface area contributed by atoms with E-state index in [-0.39, 0.29) is 66.8 Å². The van der Waals surface area contributed by atoms with Crippen LogP contribution in [-0.4, -0.2) is 93.7 Å². The number of anilines is 2. The summed E-state index contributed by atoms with van der Waals surface area (Å²) < 4.78 is 30.4. The molecule has 1 aromatic heterocycles. The Bertz CT molecular complexity index is 2830. The van der Waals surface area contributed by atoms with Crippen LogP contribution >= 0.6 is 0 Å². The molecule has 1 amide bonds. The van der Waals surface area contributed by atoms with Crippen molar-refractivity contribution >= 4 is 62.0 Å². The van der Waals surface area contributed by atoms with Crippen LogP contribution < -0.4 is 36.8 Å². The van der Waals surface area contributed by atoms with E-state index < -0.39 is 88.1 Å². The third-order valence-electron chi connectivity index (χ3n) is 13.3. The number of benzene rings is 3. The number of ether oxygens (including phenoxy) is 4. The molecule has 0 radical (unpaired) electrons. The molecule has 1 saturated heterocycles. The average molecular weight is 899 g/mol. The number of aromatic nitrogens is 1. The summed E-state index contributed by atoms with van der Waals surface area (Å²) in [4.78, 5) is 61.9. The molecule has 9 atom stereocenters. The van der Waals surface area contributed by atoms with Gasteiger partial charge in [0.2, 0.25) is 10.9 Å². The molecule has 0 spiro atoms. The van der Waals surface area contributed by atoms with Crippen molar-refractivity contribution in [1.29, 1.82) is 0 Å². The maximum atomic E-state index is 14.8. The number of phenolic OH excluding ortho intramolecular Hbond substituents is 1. The summed E-state index contributed by atoms with van der Waals surface area (Å²) >= 11 is 0. The fraction of sp³-hybridized carbons (Fsp3) is 0.479. The van der Waals surface area contributed by atoms with Crippen molar-refractivity contribution in [2.45, 2.75) is 104 Å². The largest absolute Gasteiger partial charge is 0.507 e. The number of rotatable bonds is 3. The Morgan fingerprint density at radius 2 is 1.66 bits per heavy atom. The maximum absolute atomic E-state index is 14.8. The summed E-state index contributed by atoms with van der Waals surface area (Å²) in [5, 5.41) is 49.1. The summed E-state index contributed by atoms with van der Waals surface area (Å²) in [6.45, 7) is 13.8. The number of methoxy groups -OCH3 is 1. The molecule has 348 valence electrons. The Hall–Kier alpha value is -6.01. The van der Waals surface area contributed by atoms with E-state index in [4.69, 9.17) is 34.1 Å². The van der Waals surface area contributed by atoms with Crippen molar-refractivity contribution in [2.24, 2.45) is 29.4 Å². The Kier molecular flexibility index (Phi) is 13.1. The van der Waals surface area contributed by atoms with E-state index in [2.05, 4.69) is 5.32 Å². The normalized spacial score (nSPS) is 30.2. The second kappa shape index (κ2) is 18.1. The number of carbonyl (C=O) groups is 2. The zero-order valence-corrected chi connectivity index (χ0v) is 38.0. The highest BCUT2D eigenvalue weighted by atomic mass is 16.7. The molecule has 65 heavy (non-hydrogen) atoms. The standard InChI is InChI=1S/C48H58N4O13/c1-21-11-10-12-22(2)47(60)51-38-42(58)34-33(37-45(38)64-32-20-29(19-30(54)36(32)50-37)52-16-13-28(49)14-17-52)35-44(26(6)41(34)57)65-48(8,46(35)59)62-18-15-31(61-9)23(3)43(63-27(7)53)25(5)40(56)24(4)39(21)55/h10-12,15,18-21,23-25,28,31,39-40,43,55-57,59H,13-14,16-17,49H2,1-9H3,(H,51,60)/b11-10+,18-15+,22-12-/t21-,23+,24+,25+,31-,39-,40+,43+,48-/m0/s1. The van der Waals surface area contributed by atoms with Crippen molar-refractivity contribution in [2.75, 3.05) is 30.4 Å². The summed E-state index contributed by atoms with van der Waals surface area (Å²) in [6, 6.07) is 3.10. The van der Waals surface area contributed by atoms with Crippen molar-refractivity contribution in [3.05, 3.63) is 79.5 Å². The predicted octanol–water partition coefficient (Wildman–Crippen LogP) is 4.49. The van der Waals surface area contributed by atoms with Crippen LogP contribution in [0, 0.1) is 30.6 Å². The third kappa shape index (κ3) is 8.53. The number of esters is 1. The number of hydrogen-bond acceptors (Lipinski definition) is 16. The van der Waals surface area contributed by atoms with Gasteiger partial charge in [-0.25, -0.2) is 4.98 Å². The molecule has 3 aliphatic rings. The molecule has 1 fully saturated rings. The highest BCUT2D eigenvalue weighted by Crippen LogP contribution is 2.42. The van der Waals surface area contributed by atoms with Gasteiger partial charge in [-0.2, -0.15) is 0 Å². The summed E-state index contributed by atoms with van der Waals surface area (Å²) in [6.07, 6.45) is 4.94. The van der Waals surface area contributed by atoms with Gasteiger partial charge in [-0.05, 0) is 32.8 Å². The molecule has 7 rings (SSSR count). The van der Waals surface area contributed by atoms with E-state index in [1.54, 1.807) is 45.9 Å². The highest BCUT2D eigenvalue weighted by molar-refractivity contribution is 6.16. The fourth-order valence-electron chi connectivity index (χ4n) is 9.22. The minimum Gasteiger partial charge on any atom is -0.507 e. The first-order valence-corrected chi connectivity index (χ1v) is 21.8. The van der Waals surface area contributed by atoms with Crippen LogP contribution in [0.2, 0.25) is 0 Å². The molecule has 4 bridgehead atoms. The second-order valence-corrected chi connectivity index (χ2v) is 17.9. The van der Waals surface area contributed by atoms with Crippen LogP contribution in [0.15, 0.2) is 62.3 Å². The van der Waals surface area contributed by atoms with Gasteiger partial charge in [0.05, 0.1) is 35.2 Å². The first-order chi connectivity index (χ1) is 30.7. The smallest absolute Gasteiger partial charge is 0.307 e. The Morgan fingerprint density at radius 1 is 0.969 bits per heavy atom. The molecule has 7 N–H and O–H groups in total. The van der Waals surface area contributed by atoms with Gasteiger partial charge in [-0.3, -0.25) is 19.2 Å². The van der Waals surface area contributed by atoms with Gasteiger partial charge < -0.3 is 59.7 Å². The van der Waals surface area contributed by atoms with Gasteiger partial charge >= 0.3 is 11.8 Å². The first-order valence-electron chi connectivity index (χ1n) is 21.8. The lowest BCUT2D eigenvalue weighted by Gasteiger charge is -2.38. The van der Waals surface area contributed by atoms with Crippen LogP contribution in [0.1, 0.15) is 66.9 Å². The van der Waals surface area contributed by atoms with Gasteiger partial charge in [-0.15, -0.1) is 0 Å². The number of allylic oxidation sites excluding steroid dienone is 2. The topological polar surface area (TPSA) is 253 Å². The zero-order valence-electron chi connectivity index (χ0n) is 38.0. The van der Waals surface area contributed by atoms with Crippen LogP contribution in [0.4, 0.5) is 11.4 Å². The molecule has 4 aromatic rings. The number of aliphatic hydroxyl groups excluding tert-OH is 3. The number of piperidine rings is 1. The second-order valence-electron chi connectivity index (χ2n) is 17.9. The lowest BCUT2D eigenvalue weighted by molar-refractivity contribution is -0.160. The van der Waals surface area contributed by atoms with E-state index in [9.17, 15) is 39.6 Å². The van der Waals surface area contributed by atoms with Gasteiger partial charge in [0.25, 0.3) is 5.91 Å². The fourth-order valence-corrected chi connectivity index (χ4v) is 9.22. The van der Waals surface area contributed by atoms with Gasteiger partial charge in [0, 0.05) is 98.1 Å². The SMILES string of the molecule is CO[C@H]1/C=C/O[C@@]2(C)Oc3c(C)c(O)c4c(=O)c(c5oc6cc(N7CCC(N)CC7)cc(=O)c6nc5c4c3=C2O)NC(=O)/C(C)=C\C=C\[C@H](C)[C@H](O)[C@@H](C)[C@@H](O)[C@@H](C)[C@H](OC(C)=O)[C@@H]1C. The molecule has 0 aliphatic carbocycles. The Morgan fingerprint density at radius 3 is 2.32 bits per heavy atom. The number of amides is 1. The lowest BCUT2D eigenvalue weighted by atomic mass is 9.78. The number of nitrogens with zero attached hydrogens (tertiary/aromatic N) is 2. The van der Waals surface area contributed by atoms with Crippen molar-refractivity contribution in [1.82, 2.24) is 4.98 Å². The average Bonchev–Trinajstić information content (AvgIpc) is 3.54. The van der Waals surface area contributed by atoms with E-state index in [1.165, 1.54) is 59.3 Å². The van der Waals surface area contributed by atoms with E-state index in [0.717, 1.165) is 0 Å². The number of aromatic hydroxyl groups is 1. The Balaban J connectivity index is 1.48. The number of phenols is 1. The molecular formula is C48H58N4O13. The molecule has 17 nitrogen and oxygen atoms in total. The number of nitrogens with two attached hydrogens (primary N) is 1. The predicted molar refractivity (Wildman–Crippen MR) is 244 cm³/mol. The zero-order chi connectivity index (χ0) is 47.4. The molecule has 0 unspecified atom stereocenters. The molecule has 0 saturated carbocycles. The minimum atomic E-state index is -1.98. The van der Waals surface area contributed by atoms with Crippen molar-refractivity contribution in [3.8, 4) is 11.5 Å². The van der Waals surface area contributed by atoms with Crippen molar-refractivity contribution < 1.29 is 53.4 Å². The molecule has 4 heterocycles. The maximum Gasteiger partial charge on any atom is 0.307 e. The summed E-state index contributed by atoms with van der Waals surface area (Å²) in [5.41, 5.74) is 4.63. The highest BCUT2D eigenvalue weighted by Gasteiger charge is 2.44. The number of fused-ring (bicyclic) bond motifs is 2. The number of carbonyl (C=O) groups excluding carboxylic acids is 2.